The van der Waals surface area contributed by atoms with Gasteiger partial charge in [-0.15, -0.1) is 0 Å². The summed E-state index contributed by atoms with van der Waals surface area (Å²) >= 11 is 0. The predicted molar refractivity (Wildman–Crippen MR) is 134 cm³/mol. The van der Waals surface area contributed by atoms with E-state index in [2.05, 4.69) is 10.4 Å². The number of aromatic nitrogens is 2. The number of rotatable bonds is 11. The van der Waals surface area contributed by atoms with Gasteiger partial charge in [0.15, 0.2) is 5.69 Å². The molecule has 1 aromatic heterocycles. The lowest BCUT2D eigenvalue weighted by Gasteiger charge is -2.21. The van der Waals surface area contributed by atoms with Crippen molar-refractivity contribution in [3.8, 4) is 5.69 Å². The van der Waals surface area contributed by atoms with Crippen LogP contribution in [0.1, 0.15) is 86.5 Å². The van der Waals surface area contributed by atoms with Crippen molar-refractivity contribution < 1.29 is 29.3 Å². The molecule has 196 valence electrons. The smallest absolute Gasteiger partial charge is 0.305 e. The quantitative estimate of drug-likeness (QED) is 0.368. The fourth-order valence-electron chi connectivity index (χ4n) is 4.68. The highest BCUT2D eigenvalue weighted by molar-refractivity contribution is 5.95. The average molecular weight is 502 g/mol. The van der Waals surface area contributed by atoms with E-state index in [1.54, 1.807) is 22.9 Å². The van der Waals surface area contributed by atoms with Gasteiger partial charge in [-0.3, -0.25) is 9.59 Å². The summed E-state index contributed by atoms with van der Waals surface area (Å²) in [5.74, 6) is -1.48. The van der Waals surface area contributed by atoms with Gasteiger partial charge in [0, 0.05) is 18.5 Å². The minimum absolute atomic E-state index is 0.0935. The zero-order chi connectivity index (χ0) is 26.2. The molecule has 36 heavy (non-hydrogen) atoms. The van der Waals surface area contributed by atoms with Crippen LogP contribution in [0.2, 0.25) is 0 Å². The lowest BCUT2D eigenvalue weighted by Crippen LogP contribution is -2.31. The Kier molecular flexibility index (Phi) is 9.78. The van der Waals surface area contributed by atoms with Gasteiger partial charge < -0.3 is 20.6 Å². The topological polar surface area (TPSA) is 125 Å². The van der Waals surface area contributed by atoms with E-state index in [0.717, 1.165) is 12.8 Å². The van der Waals surface area contributed by atoms with E-state index in [-0.39, 0.29) is 23.9 Å². The number of carboxylic acid groups (broad SMARTS) is 1. The van der Waals surface area contributed by atoms with Crippen molar-refractivity contribution in [2.75, 3.05) is 6.54 Å². The Bertz CT molecular complexity index is 1060. The molecule has 8 nitrogen and oxygen atoms in total. The predicted octanol–water partition coefficient (Wildman–Crippen LogP) is 4.04. The second-order valence-corrected chi connectivity index (χ2v) is 9.82. The lowest BCUT2D eigenvalue weighted by atomic mass is 9.89. The molecule has 0 unspecified atom stereocenters. The molecule has 1 aliphatic rings. The molecule has 1 fully saturated rings. The summed E-state index contributed by atoms with van der Waals surface area (Å²) in [6.07, 6.45) is 5.90. The fourth-order valence-corrected chi connectivity index (χ4v) is 4.68. The molecule has 1 aromatic carbocycles. The largest absolute Gasteiger partial charge is 0.481 e. The first-order valence-corrected chi connectivity index (χ1v) is 12.6. The van der Waals surface area contributed by atoms with Crippen LogP contribution in [0.25, 0.3) is 11.8 Å². The number of hydrogen-bond donors (Lipinski definition) is 4. The lowest BCUT2D eigenvalue weighted by molar-refractivity contribution is -0.139. The van der Waals surface area contributed by atoms with Gasteiger partial charge in [-0.25, -0.2) is 9.07 Å². The Balaban J connectivity index is 1.93. The third-order valence-corrected chi connectivity index (χ3v) is 6.50. The van der Waals surface area contributed by atoms with E-state index in [1.807, 2.05) is 13.8 Å². The maximum absolute atomic E-state index is 13.6. The van der Waals surface area contributed by atoms with Crippen LogP contribution in [0.15, 0.2) is 30.3 Å². The highest BCUT2D eigenvalue weighted by atomic mass is 19.1. The molecule has 0 radical (unpaired) electrons. The number of carboxylic acids is 1. The third kappa shape index (κ3) is 7.48. The van der Waals surface area contributed by atoms with Crippen molar-refractivity contribution in [3.63, 3.8) is 0 Å². The molecule has 9 heteroatoms. The fraction of sp³-hybridized carbons (Fsp3) is 0.519. The minimum Gasteiger partial charge on any atom is -0.481 e. The number of aliphatic carboxylic acids is 1. The Morgan fingerprint density at radius 1 is 1.17 bits per heavy atom. The van der Waals surface area contributed by atoms with Crippen LogP contribution >= 0.6 is 0 Å². The van der Waals surface area contributed by atoms with Crippen LogP contribution in [0.5, 0.6) is 0 Å². The SMILES string of the molecule is CC(C)c1c(C(=O)NCC2CCCCC2)nn(-c2ccc(F)cc2)c1/C=C/[C@@H](O)C[C@@H](O)CC(=O)O. The first-order valence-electron chi connectivity index (χ1n) is 12.6. The first kappa shape index (κ1) is 27.5. The average Bonchev–Trinajstić information content (AvgIpc) is 3.21. The number of hydrogen-bond acceptors (Lipinski definition) is 5. The highest BCUT2D eigenvalue weighted by Crippen LogP contribution is 2.29. The number of benzene rings is 1. The van der Waals surface area contributed by atoms with Crippen LogP contribution in [0.4, 0.5) is 4.39 Å². The Labute approximate surface area is 210 Å². The van der Waals surface area contributed by atoms with Crippen molar-refractivity contribution in [1.29, 1.82) is 0 Å². The van der Waals surface area contributed by atoms with Gasteiger partial charge in [-0.2, -0.15) is 5.10 Å². The number of nitrogens with zero attached hydrogens (tertiary/aromatic N) is 2. The van der Waals surface area contributed by atoms with Gasteiger partial charge in [0.2, 0.25) is 0 Å². The molecular weight excluding hydrogens is 465 g/mol. The van der Waals surface area contributed by atoms with Gasteiger partial charge in [-0.1, -0.05) is 39.2 Å². The van der Waals surface area contributed by atoms with E-state index in [0.29, 0.717) is 29.4 Å². The molecule has 1 aliphatic carbocycles. The normalized spacial score (nSPS) is 16.4. The molecule has 1 amide bonds. The molecule has 0 bridgehead atoms. The Morgan fingerprint density at radius 2 is 1.83 bits per heavy atom. The third-order valence-electron chi connectivity index (χ3n) is 6.50. The monoisotopic (exact) mass is 501 g/mol. The Morgan fingerprint density at radius 3 is 2.44 bits per heavy atom. The Hall–Kier alpha value is -3.04. The maximum atomic E-state index is 13.6. The minimum atomic E-state index is -1.20. The molecule has 1 saturated carbocycles. The number of aliphatic hydroxyl groups excluding tert-OH is 2. The molecule has 2 atom stereocenters. The summed E-state index contributed by atoms with van der Waals surface area (Å²) in [7, 11) is 0. The zero-order valence-corrected chi connectivity index (χ0v) is 20.9. The molecule has 0 spiro atoms. The van der Waals surface area contributed by atoms with Crippen LogP contribution in [0, 0.1) is 11.7 Å². The van der Waals surface area contributed by atoms with E-state index < -0.39 is 30.4 Å². The molecule has 4 N–H and O–H groups in total. The van der Waals surface area contributed by atoms with Gasteiger partial charge in [-0.05, 0) is 55.0 Å². The van der Waals surface area contributed by atoms with Gasteiger partial charge >= 0.3 is 5.97 Å². The number of aliphatic hydroxyl groups is 2. The number of carbonyl (C=O) groups is 2. The summed E-state index contributed by atoms with van der Waals surface area (Å²) in [4.78, 5) is 24.0. The van der Waals surface area contributed by atoms with E-state index in [9.17, 15) is 24.2 Å². The first-order chi connectivity index (χ1) is 17.2. The van der Waals surface area contributed by atoms with Gasteiger partial charge in [0.1, 0.15) is 5.82 Å². The number of amides is 1. The second-order valence-electron chi connectivity index (χ2n) is 9.82. The number of nitrogens with one attached hydrogen (secondary N) is 1. The van der Waals surface area contributed by atoms with Crippen LogP contribution in [0.3, 0.4) is 0 Å². The van der Waals surface area contributed by atoms with Crippen molar-refractivity contribution in [3.05, 3.63) is 53.1 Å². The van der Waals surface area contributed by atoms with Gasteiger partial charge in [0.05, 0.1) is 30.0 Å². The van der Waals surface area contributed by atoms with Crippen molar-refractivity contribution >= 4 is 18.0 Å². The summed E-state index contributed by atoms with van der Waals surface area (Å²) in [6.45, 7) is 4.47. The van der Waals surface area contributed by atoms with E-state index in [4.69, 9.17) is 5.11 Å². The molecular formula is C27H36FN3O5. The molecule has 2 aromatic rings. The number of halogens is 1. The molecule has 3 rings (SSSR count). The van der Waals surface area contributed by atoms with E-state index in [1.165, 1.54) is 37.5 Å². The van der Waals surface area contributed by atoms with E-state index >= 15 is 0 Å². The van der Waals surface area contributed by atoms with Gasteiger partial charge in [0.25, 0.3) is 5.91 Å². The standard InChI is InChI=1S/C27H36FN3O5/c1-17(2)25-23(13-12-21(32)14-22(33)15-24(34)35)31(20-10-8-19(28)9-11-20)30-26(25)27(36)29-16-18-6-4-3-5-7-18/h8-13,17-18,21-22,32-33H,3-7,14-16H2,1-2H3,(H,29,36)(H,34,35)/b13-12+/t21-,22-/m1/s1. The summed E-state index contributed by atoms with van der Waals surface area (Å²) in [5.41, 5.74) is 2.04. The molecule has 0 aliphatic heterocycles. The van der Waals surface area contributed by atoms with Crippen LogP contribution in [-0.2, 0) is 4.79 Å². The summed E-state index contributed by atoms with van der Waals surface area (Å²) < 4.78 is 15.1. The van der Waals surface area contributed by atoms with Crippen molar-refractivity contribution in [1.82, 2.24) is 15.1 Å². The molecule has 1 heterocycles. The maximum Gasteiger partial charge on any atom is 0.305 e. The molecule has 0 saturated heterocycles. The zero-order valence-electron chi connectivity index (χ0n) is 20.9. The van der Waals surface area contributed by atoms with Crippen LogP contribution < -0.4 is 5.32 Å². The summed E-state index contributed by atoms with van der Waals surface area (Å²) in [5, 5.41) is 36.7. The number of carbonyl (C=O) groups excluding carboxylic acids is 1. The van der Waals surface area contributed by atoms with Crippen molar-refractivity contribution in [2.45, 2.75) is 76.9 Å². The van der Waals surface area contributed by atoms with Crippen LogP contribution in [-0.4, -0.2) is 55.7 Å². The summed E-state index contributed by atoms with van der Waals surface area (Å²) in [6, 6.07) is 5.72. The highest BCUT2D eigenvalue weighted by Gasteiger charge is 2.26. The second kappa shape index (κ2) is 12.8. The van der Waals surface area contributed by atoms with Crippen molar-refractivity contribution in [2.24, 2.45) is 5.92 Å².